The molecule has 1 N–H and O–H groups in total. The average Bonchev–Trinajstić information content (AvgIpc) is 2.83. The molecule has 1 unspecified atom stereocenters. The monoisotopic (exact) mass is 183 g/mol. The highest BCUT2D eigenvalue weighted by Gasteiger charge is 2.38. The highest BCUT2D eigenvalue weighted by Crippen LogP contribution is 2.38. The van der Waals surface area contributed by atoms with Crippen molar-refractivity contribution in [2.75, 3.05) is 19.7 Å². The number of carbonyl (C=O) groups excluding carboxylic acids is 1. The molecule has 1 atom stereocenters. The highest BCUT2D eigenvalue weighted by molar-refractivity contribution is 5.79. The van der Waals surface area contributed by atoms with Crippen molar-refractivity contribution in [3.8, 4) is 0 Å². The largest absolute Gasteiger partial charge is 0.396 e. The third kappa shape index (κ3) is 1.70. The minimum atomic E-state index is 0.222. The van der Waals surface area contributed by atoms with Crippen molar-refractivity contribution in [2.45, 2.75) is 19.8 Å². The Hall–Kier alpha value is -0.570. The van der Waals surface area contributed by atoms with Crippen molar-refractivity contribution >= 4 is 5.91 Å². The maximum Gasteiger partial charge on any atom is 0.225 e. The van der Waals surface area contributed by atoms with Crippen LogP contribution in [0.15, 0.2) is 0 Å². The number of amides is 1. The van der Waals surface area contributed by atoms with Gasteiger partial charge in [0.1, 0.15) is 0 Å². The second kappa shape index (κ2) is 3.29. The lowest BCUT2D eigenvalue weighted by molar-refractivity contribution is -0.143. The van der Waals surface area contributed by atoms with Gasteiger partial charge in [-0.3, -0.25) is 4.79 Å². The lowest BCUT2D eigenvalue weighted by atomic mass is 9.97. The van der Waals surface area contributed by atoms with E-state index < -0.39 is 0 Å². The molecule has 74 valence electrons. The number of likely N-dealkylation sites (tertiary alicyclic amines) is 1. The van der Waals surface area contributed by atoms with Crippen LogP contribution in [0.25, 0.3) is 0 Å². The Morgan fingerprint density at radius 1 is 1.54 bits per heavy atom. The molecule has 2 aliphatic rings. The summed E-state index contributed by atoms with van der Waals surface area (Å²) in [7, 11) is 0. The Morgan fingerprint density at radius 2 is 2.15 bits per heavy atom. The standard InChI is InChI=1S/C10H17NO2/c1-7(9-2-3-9)10(13)11-4-8(5-11)6-12/h7-9,12H,2-6H2,1H3. The van der Waals surface area contributed by atoms with Gasteiger partial charge in [0.25, 0.3) is 0 Å². The molecule has 3 nitrogen and oxygen atoms in total. The molecular weight excluding hydrogens is 166 g/mol. The quantitative estimate of drug-likeness (QED) is 0.691. The number of aliphatic hydroxyl groups excluding tert-OH is 1. The second-order valence-corrected chi connectivity index (χ2v) is 4.42. The fourth-order valence-corrected chi connectivity index (χ4v) is 1.95. The van der Waals surface area contributed by atoms with Crippen LogP contribution in [-0.4, -0.2) is 35.6 Å². The zero-order chi connectivity index (χ0) is 9.42. The van der Waals surface area contributed by atoms with Gasteiger partial charge in [0.05, 0.1) is 0 Å². The number of hydrogen-bond donors (Lipinski definition) is 1. The number of hydrogen-bond acceptors (Lipinski definition) is 2. The molecule has 0 aromatic rings. The van der Waals surface area contributed by atoms with Gasteiger partial charge in [-0.2, -0.15) is 0 Å². The summed E-state index contributed by atoms with van der Waals surface area (Å²) in [6, 6.07) is 0. The van der Waals surface area contributed by atoms with Crippen LogP contribution in [-0.2, 0) is 4.79 Å². The zero-order valence-electron chi connectivity index (χ0n) is 8.07. The molecule has 1 amide bonds. The SMILES string of the molecule is CC(C(=O)N1CC(CO)C1)C1CC1. The molecule has 0 aromatic carbocycles. The maximum absolute atomic E-state index is 11.7. The van der Waals surface area contributed by atoms with Crippen LogP contribution >= 0.6 is 0 Å². The maximum atomic E-state index is 11.7. The van der Waals surface area contributed by atoms with Crippen molar-refractivity contribution < 1.29 is 9.90 Å². The molecule has 0 aromatic heterocycles. The first-order valence-corrected chi connectivity index (χ1v) is 5.12. The average molecular weight is 183 g/mol. The zero-order valence-corrected chi connectivity index (χ0v) is 8.07. The molecule has 1 saturated carbocycles. The number of carbonyl (C=O) groups is 1. The summed E-state index contributed by atoms with van der Waals surface area (Å²) in [4.78, 5) is 13.6. The minimum absolute atomic E-state index is 0.222. The van der Waals surface area contributed by atoms with Crippen LogP contribution in [0.3, 0.4) is 0 Å². The predicted octanol–water partition coefficient (Wildman–Crippen LogP) is 0.483. The fraction of sp³-hybridized carbons (Fsp3) is 0.900. The van der Waals surface area contributed by atoms with E-state index in [1.165, 1.54) is 12.8 Å². The van der Waals surface area contributed by atoms with E-state index in [4.69, 9.17) is 5.11 Å². The summed E-state index contributed by atoms with van der Waals surface area (Å²) >= 11 is 0. The molecule has 1 heterocycles. The van der Waals surface area contributed by atoms with Crippen LogP contribution < -0.4 is 0 Å². The molecule has 0 radical (unpaired) electrons. The minimum Gasteiger partial charge on any atom is -0.396 e. The Labute approximate surface area is 78.7 Å². The molecular formula is C10H17NO2. The summed E-state index contributed by atoms with van der Waals surface area (Å²) in [5, 5.41) is 8.81. The first-order chi connectivity index (χ1) is 6.22. The smallest absolute Gasteiger partial charge is 0.225 e. The van der Waals surface area contributed by atoms with Gasteiger partial charge in [0, 0.05) is 31.5 Å². The van der Waals surface area contributed by atoms with Crippen LogP contribution in [0, 0.1) is 17.8 Å². The predicted molar refractivity (Wildman–Crippen MR) is 49.0 cm³/mol. The van der Waals surface area contributed by atoms with Gasteiger partial charge in [0.15, 0.2) is 0 Å². The molecule has 1 aliphatic heterocycles. The number of nitrogens with zero attached hydrogens (tertiary/aromatic N) is 1. The van der Waals surface area contributed by atoms with Crippen LogP contribution in [0.5, 0.6) is 0 Å². The molecule has 13 heavy (non-hydrogen) atoms. The first-order valence-electron chi connectivity index (χ1n) is 5.12. The van der Waals surface area contributed by atoms with Crippen LogP contribution in [0.4, 0.5) is 0 Å². The molecule has 2 rings (SSSR count). The van der Waals surface area contributed by atoms with E-state index in [1.807, 2.05) is 11.8 Å². The summed E-state index contributed by atoms with van der Waals surface area (Å²) in [5.41, 5.74) is 0. The van der Waals surface area contributed by atoms with Gasteiger partial charge in [-0.1, -0.05) is 6.92 Å². The van der Waals surface area contributed by atoms with Crippen molar-refractivity contribution in [3.63, 3.8) is 0 Å². The van der Waals surface area contributed by atoms with Gasteiger partial charge in [0.2, 0.25) is 5.91 Å². The lowest BCUT2D eigenvalue weighted by Crippen LogP contribution is -2.53. The summed E-state index contributed by atoms with van der Waals surface area (Å²) < 4.78 is 0. The van der Waals surface area contributed by atoms with E-state index in [1.54, 1.807) is 0 Å². The molecule has 1 aliphatic carbocycles. The molecule has 2 fully saturated rings. The molecule has 1 saturated heterocycles. The number of rotatable bonds is 3. The summed E-state index contributed by atoms with van der Waals surface area (Å²) in [6.45, 7) is 3.80. The lowest BCUT2D eigenvalue weighted by Gasteiger charge is -2.39. The fourth-order valence-electron chi connectivity index (χ4n) is 1.95. The van der Waals surface area contributed by atoms with E-state index in [0.717, 1.165) is 13.1 Å². The van der Waals surface area contributed by atoms with Gasteiger partial charge in [-0.15, -0.1) is 0 Å². The van der Waals surface area contributed by atoms with Gasteiger partial charge in [-0.25, -0.2) is 0 Å². The third-order valence-electron chi connectivity index (χ3n) is 3.25. The highest BCUT2D eigenvalue weighted by atomic mass is 16.3. The molecule has 0 spiro atoms. The van der Waals surface area contributed by atoms with Gasteiger partial charge < -0.3 is 10.0 Å². The van der Waals surface area contributed by atoms with E-state index in [-0.39, 0.29) is 12.5 Å². The van der Waals surface area contributed by atoms with E-state index in [0.29, 0.717) is 17.7 Å². The summed E-state index contributed by atoms with van der Waals surface area (Å²) in [5.74, 6) is 1.52. The van der Waals surface area contributed by atoms with Gasteiger partial charge >= 0.3 is 0 Å². The third-order valence-corrected chi connectivity index (χ3v) is 3.25. The normalized spacial score (nSPS) is 25.5. The summed E-state index contributed by atoms with van der Waals surface area (Å²) in [6.07, 6.45) is 2.45. The molecule has 0 bridgehead atoms. The Kier molecular flexibility index (Phi) is 2.28. The topological polar surface area (TPSA) is 40.5 Å². The van der Waals surface area contributed by atoms with Crippen molar-refractivity contribution in [1.29, 1.82) is 0 Å². The second-order valence-electron chi connectivity index (χ2n) is 4.42. The van der Waals surface area contributed by atoms with Crippen LogP contribution in [0.1, 0.15) is 19.8 Å². The Morgan fingerprint density at radius 3 is 2.62 bits per heavy atom. The Bertz CT molecular complexity index is 207. The number of aliphatic hydroxyl groups is 1. The van der Waals surface area contributed by atoms with E-state index in [9.17, 15) is 4.79 Å². The first kappa shape index (κ1) is 9.00. The van der Waals surface area contributed by atoms with Gasteiger partial charge in [-0.05, 0) is 18.8 Å². The van der Waals surface area contributed by atoms with E-state index >= 15 is 0 Å². The van der Waals surface area contributed by atoms with Crippen LogP contribution in [0.2, 0.25) is 0 Å². The van der Waals surface area contributed by atoms with E-state index in [2.05, 4.69) is 0 Å². The van der Waals surface area contributed by atoms with Crippen molar-refractivity contribution in [3.05, 3.63) is 0 Å². The van der Waals surface area contributed by atoms with Crippen molar-refractivity contribution in [2.24, 2.45) is 17.8 Å². The van der Waals surface area contributed by atoms with Crippen molar-refractivity contribution in [1.82, 2.24) is 4.90 Å². The molecule has 3 heteroatoms. The Balaban J connectivity index is 1.78.